The summed E-state index contributed by atoms with van der Waals surface area (Å²) in [5, 5.41) is 7.70. The first-order valence-electron chi connectivity index (χ1n) is 8.87. The molecule has 0 radical (unpaired) electrons. The van der Waals surface area contributed by atoms with Crippen molar-refractivity contribution in [3.05, 3.63) is 65.9 Å². The van der Waals surface area contributed by atoms with Gasteiger partial charge in [-0.15, -0.1) is 0 Å². The second kappa shape index (κ2) is 9.71. The van der Waals surface area contributed by atoms with Gasteiger partial charge in [-0.1, -0.05) is 56.0 Å². The maximum absolute atomic E-state index is 6.21. The summed E-state index contributed by atoms with van der Waals surface area (Å²) in [6, 6.07) is 6.41. The lowest BCUT2D eigenvalue weighted by atomic mass is 9.74. The lowest BCUT2D eigenvalue weighted by Gasteiger charge is -2.36. The SMILES string of the molecule is C=CNC(/C=C\CC)C(c1ccc(Cl)cc1C=C)C1CCNCC1. The van der Waals surface area contributed by atoms with Gasteiger partial charge in [-0.3, -0.25) is 0 Å². The monoisotopic (exact) mass is 344 g/mol. The zero-order valence-corrected chi connectivity index (χ0v) is 15.4. The largest absolute Gasteiger partial charge is 0.385 e. The van der Waals surface area contributed by atoms with Crippen LogP contribution in [0.4, 0.5) is 0 Å². The molecule has 0 spiro atoms. The van der Waals surface area contributed by atoms with Gasteiger partial charge >= 0.3 is 0 Å². The zero-order valence-electron chi connectivity index (χ0n) is 14.6. The lowest BCUT2D eigenvalue weighted by Crippen LogP contribution is -2.39. The molecule has 1 aliphatic rings. The van der Waals surface area contributed by atoms with E-state index in [0.29, 0.717) is 11.8 Å². The predicted molar refractivity (Wildman–Crippen MR) is 106 cm³/mol. The van der Waals surface area contributed by atoms with Gasteiger partial charge in [-0.25, -0.2) is 0 Å². The summed E-state index contributed by atoms with van der Waals surface area (Å²) in [6.07, 6.45) is 11.6. The van der Waals surface area contributed by atoms with E-state index in [4.69, 9.17) is 11.6 Å². The van der Waals surface area contributed by atoms with E-state index >= 15 is 0 Å². The Bertz CT molecular complexity index is 573. The normalized spacial score (nSPS) is 18.2. The van der Waals surface area contributed by atoms with Crippen molar-refractivity contribution in [1.29, 1.82) is 0 Å². The van der Waals surface area contributed by atoms with Crippen LogP contribution in [-0.2, 0) is 0 Å². The van der Waals surface area contributed by atoms with Crippen LogP contribution in [0.2, 0.25) is 5.02 Å². The average Bonchev–Trinajstić information content (AvgIpc) is 2.61. The van der Waals surface area contributed by atoms with E-state index in [9.17, 15) is 0 Å². The van der Waals surface area contributed by atoms with Crippen LogP contribution >= 0.6 is 11.6 Å². The van der Waals surface area contributed by atoms with Crippen LogP contribution in [0.3, 0.4) is 0 Å². The Labute approximate surface area is 151 Å². The Kier molecular flexibility index (Phi) is 7.61. The molecular weight excluding hydrogens is 316 g/mol. The highest BCUT2D eigenvalue weighted by Crippen LogP contribution is 2.37. The number of hydrogen-bond acceptors (Lipinski definition) is 2. The molecule has 2 nitrogen and oxygen atoms in total. The van der Waals surface area contributed by atoms with Gasteiger partial charge in [0.05, 0.1) is 6.04 Å². The van der Waals surface area contributed by atoms with Crippen LogP contribution in [0.25, 0.3) is 6.08 Å². The first kappa shape index (κ1) is 18.8. The molecule has 3 heteroatoms. The second-order valence-electron chi connectivity index (χ2n) is 6.32. The van der Waals surface area contributed by atoms with Crippen molar-refractivity contribution in [3.8, 4) is 0 Å². The van der Waals surface area contributed by atoms with Crippen molar-refractivity contribution in [2.75, 3.05) is 13.1 Å². The van der Waals surface area contributed by atoms with Crippen LogP contribution in [0, 0.1) is 5.92 Å². The molecule has 2 N–H and O–H groups in total. The number of hydrogen-bond donors (Lipinski definition) is 2. The third-order valence-electron chi connectivity index (χ3n) is 4.80. The van der Waals surface area contributed by atoms with Crippen LogP contribution in [0.15, 0.2) is 49.7 Å². The van der Waals surface area contributed by atoms with Gasteiger partial charge in [0, 0.05) is 10.9 Å². The van der Waals surface area contributed by atoms with Gasteiger partial charge in [0.1, 0.15) is 0 Å². The zero-order chi connectivity index (χ0) is 17.4. The third-order valence-corrected chi connectivity index (χ3v) is 5.03. The van der Waals surface area contributed by atoms with Gasteiger partial charge in [0.25, 0.3) is 0 Å². The van der Waals surface area contributed by atoms with Gasteiger partial charge in [-0.2, -0.15) is 0 Å². The Hall–Kier alpha value is -1.51. The highest BCUT2D eigenvalue weighted by molar-refractivity contribution is 6.30. The number of piperidine rings is 1. The summed E-state index contributed by atoms with van der Waals surface area (Å²) in [5.41, 5.74) is 2.45. The molecule has 0 aliphatic carbocycles. The number of nitrogens with one attached hydrogen (secondary N) is 2. The van der Waals surface area contributed by atoms with Crippen molar-refractivity contribution < 1.29 is 0 Å². The van der Waals surface area contributed by atoms with Crippen molar-refractivity contribution >= 4 is 17.7 Å². The molecule has 0 saturated carbocycles. The van der Waals surface area contributed by atoms with E-state index in [1.54, 1.807) is 0 Å². The summed E-state index contributed by atoms with van der Waals surface area (Å²) >= 11 is 6.21. The second-order valence-corrected chi connectivity index (χ2v) is 6.76. The molecule has 24 heavy (non-hydrogen) atoms. The van der Waals surface area contributed by atoms with Gasteiger partial charge in [-0.05, 0) is 67.7 Å². The van der Waals surface area contributed by atoms with Crippen LogP contribution in [0.1, 0.15) is 43.2 Å². The lowest BCUT2D eigenvalue weighted by molar-refractivity contribution is 0.293. The minimum atomic E-state index is 0.227. The van der Waals surface area contributed by atoms with Crippen molar-refractivity contribution in [1.82, 2.24) is 10.6 Å². The van der Waals surface area contributed by atoms with Gasteiger partial charge < -0.3 is 10.6 Å². The molecule has 0 amide bonds. The van der Waals surface area contributed by atoms with E-state index in [-0.39, 0.29) is 6.04 Å². The Balaban J connectivity index is 2.46. The molecule has 130 valence electrons. The molecule has 0 bridgehead atoms. The molecule has 1 heterocycles. The summed E-state index contributed by atoms with van der Waals surface area (Å²) in [7, 11) is 0. The number of benzene rings is 1. The highest BCUT2D eigenvalue weighted by atomic mass is 35.5. The Morgan fingerprint density at radius 1 is 1.33 bits per heavy atom. The van der Waals surface area contributed by atoms with Crippen LogP contribution in [0.5, 0.6) is 0 Å². The molecule has 1 aromatic rings. The number of halogens is 1. The van der Waals surface area contributed by atoms with E-state index < -0.39 is 0 Å². The first-order chi connectivity index (χ1) is 11.7. The van der Waals surface area contributed by atoms with E-state index in [1.807, 2.05) is 24.4 Å². The van der Waals surface area contributed by atoms with Crippen molar-refractivity contribution in [2.24, 2.45) is 5.92 Å². The molecule has 2 unspecified atom stereocenters. The van der Waals surface area contributed by atoms with Crippen molar-refractivity contribution in [2.45, 2.75) is 38.1 Å². The van der Waals surface area contributed by atoms with Crippen LogP contribution in [-0.4, -0.2) is 19.1 Å². The van der Waals surface area contributed by atoms with Gasteiger partial charge in [0.2, 0.25) is 0 Å². The number of rotatable bonds is 8. The minimum Gasteiger partial charge on any atom is -0.385 e. The molecule has 1 aliphatic heterocycles. The maximum atomic E-state index is 6.21. The molecule has 1 aromatic carbocycles. The third kappa shape index (κ3) is 4.75. The quantitative estimate of drug-likeness (QED) is 0.638. The minimum absolute atomic E-state index is 0.227. The molecule has 1 fully saturated rings. The topological polar surface area (TPSA) is 24.1 Å². The smallest absolute Gasteiger partial charge is 0.0510 e. The molecule has 2 atom stereocenters. The fourth-order valence-electron chi connectivity index (χ4n) is 3.67. The fraction of sp³-hybridized carbons (Fsp3) is 0.429. The van der Waals surface area contributed by atoms with E-state index in [1.165, 1.54) is 18.4 Å². The van der Waals surface area contributed by atoms with Crippen molar-refractivity contribution in [3.63, 3.8) is 0 Å². The summed E-state index contributed by atoms with van der Waals surface area (Å²) in [4.78, 5) is 0. The van der Waals surface area contributed by atoms with E-state index in [2.05, 4.69) is 48.9 Å². The van der Waals surface area contributed by atoms with E-state index in [0.717, 1.165) is 30.1 Å². The Morgan fingerprint density at radius 2 is 2.08 bits per heavy atom. The first-order valence-corrected chi connectivity index (χ1v) is 9.25. The predicted octanol–water partition coefficient (Wildman–Crippen LogP) is 5.13. The highest BCUT2D eigenvalue weighted by Gasteiger charge is 2.31. The summed E-state index contributed by atoms with van der Waals surface area (Å²) in [5.74, 6) is 0.989. The van der Waals surface area contributed by atoms with Crippen LogP contribution < -0.4 is 10.6 Å². The average molecular weight is 345 g/mol. The summed E-state index contributed by atoms with van der Waals surface area (Å²) in [6.45, 7) is 12.2. The maximum Gasteiger partial charge on any atom is 0.0510 e. The molecular formula is C21H29ClN2. The molecule has 2 rings (SSSR count). The number of allylic oxidation sites excluding steroid dienone is 1. The van der Waals surface area contributed by atoms with Gasteiger partial charge in [0.15, 0.2) is 0 Å². The molecule has 0 aromatic heterocycles. The molecule has 1 saturated heterocycles. The standard InChI is InChI=1S/C21H29ClN2/c1-4-7-8-20(24-6-3)21(17-11-13-23-14-12-17)19-10-9-18(22)15-16(19)5-2/h5-10,15,17,20-21,23-24H,2-4,11-14H2,1H3/b8-7-. The Morgan fingerprint density at radius 3 is 2.71 bits per heavy atom. The summed E-state index contributed by atoms with van der Waals surface area (Å²) < 4.78 is 0. The fourth-order valence-corrected chi connectivity index (χ4v) is 3.85.